The van der Waals surface area contributed by atoms with Crippen molar-refractivity contribution < 1.29 is 9.59 Å². The van der Waals surface area contributed by atoms with Gasteiger partial charge in [0, 0.05) is 29.2 Å². The summed E-state index contributed by atoms with van der Waals surface area (Å²) < 4.78 is 0. The van der Waals surface area contributed by atoms with Crippen molar-refractivity contribution >= 4 is 17.5 Å². The predicted molar refractivity (Wildman–Crippen MR) is 88.4 cm³/mol. The summed E-state index contributed by atoms with van der Waals surface area (Å²) in [5.41, 5.74) is 5.94. The number of rotatable bonds is 3. The zero-order chi connectivity index (χ0) is 16.4. The Bertz CT molecular complexity index is 841. The number of benzene rings is 2. The summed E-state index contributed by atoms with van der Waals surface area (Å²) in [7, 11) is 0. The van der Waals surface area contributed by atoms with E-state index in [1.807, 2.05) is 44.2 Å². The van der Waals surface area contributed by atoms with Crippen molar-refractivity contribution in [2.45, 2.75) is 13.8 Å². The standard InChI is InChI=1S/C17H15ClN4O/c1-12-13(2)21(20-17(23)14-6-4-3-5-7-14)22(19-12)16-10-8-15(18)9-11-16/h3-11H,1-2H3/p+1. The van der Waals surface area contributed by atoms with Gasteiger partial charge in [0.15, 0.2) is 5.69 Å². The highest BCUT2D eigenvalue weighted by atomic mass is 35.5. The average Bonchev–Trinajstić information content (AvgIpc) is 2.85. The van der Waals surface area contributed by atoms with Crippen LogP contribution in [0.1, 0.15) is 21.7 Å². The maximum Gasteiger partial charge on any atom is 0.288 e. The molecule has 6 heteroatoms. The van der Waals surface area contributed by atoms with Crippen LogP contribution in [0.4, 0.5) is 0 Å². The van der Waals surface area contributed by atoms with Gasteiger partial charge in [0.1, 0.15) is 5.69 Å². The van der Waals surface area contributed by atoms with E-state index < -0.39 is 0 Å². The monoisotopic (exact) mass is 327 g/mol. The van der Waals surface area contributed by atoms with Crippen LogP contribution in [0, 0.1) is 13.8 Å². The minimum atomic E-state index is -0.200. The molecular formula is C17H16ClN4O+. The third-order valence-electron chi connectivity index (χ3n) is 3.58. The number of hydrogen-bond donors (Lipinski definition) is 1. The zero-order valence-electron chi connectivity index (χ0n) is 12.8. The molecule has 0 unspecified atom stereocenters. The topological polar surface area (TPSA) is 50.8 Å². The van der Waals surface area contributed by atoms with Crippen molar-refractivity contribution in [2.24, 2.45) is 0 Å². The summed E-state index contributed by atoms with van der Waals surface area (Å²) >= 11 is 5.93. The second-order valence-electron chi connectivity index (χ2n) is 5.16. The lowest BCUT2D eigenvalue weighted by atomic mass is 10.2. The fourth-order valence-corrected chi connectivity index (χ4v) is 2.31. The molecule has 0 atom stereocenters. The van der Waals surface area contributed by atoms with E-state index in [4.69, 9.17) is 11.6 Å². The van der Waals surface area contributed by atoms with E-state index in [0.29, 0.717) is 10.6 Å². The molecule has 1 N–H and O–H groups in total. The summed E-state index contributed by atoms with van der Waals surface area (Å²) in [6, 6.07) is 16.3. The van der Waals surface area contributed by atoms with Crippen LogP contribution in [0.15, 0.2) is 54.6 Å². The van der Waals surface area contributed by atoms with Crippen LogP contribution in [0.5, 0.6) is 0 Å². The van der Waals surface area contributed by atoms with Gasteiger partial charge in [0.2, 0.25) is 5.69 Å². The number of hydrogen-bond acceptors (Lipinski definition) is 2. The number of amides is 1. The Hall–Kier alpha value is -2.66. The van der Waals surface area contributed by atoms with Crippen LogP contribution < -0.4 is 10.2 Å². The first kappa shape index (κ1) is 15.2. The maximum atomic E-state index is 12.4. The average molecular weight is 328 g/mol. The lowest BCUT2D eigenvalue weighted by Gasteiger charge is -2.05. The number of halogens is 1. The minimum Gasteiger partial charge on any atom is -0.266 e. The van der Waals surface area contributed by atoms with E-state index >= 15 is 0 Å². The number of aryl methyl sites for hydroxylation is 1. The minimum absolute atomic E-state index is 0.200. The van der Waals surface area contributed by atoms with Gasteiger partial charge in [-0.1, -0.05) is 29.8 Å². The predicted octanol–water partition coefficient (Wildman–Crippen LogP) is 2.81. The van der Waals surface area contributed by atoms with Crippen molar-refractivity contribution in [3.05, 3.63) is 76.6 Å². The van der Waals surface area contributed by atoms with Gasteiger partial charge in [-0.2, -0.15) is 5.43 Å². The van der Waals surface area contributed by atoms with Gasteiger partial charge in [-0.25, -0.2) is 0 Å². The van der Waals surface area contributed by atoms with Gasteiger partial charge in [0.25, 0.3) is 5.91 Å². The molecule has 0 saturated heterocycles. The molecule has 1 heterocycles. The number of carbonyl (C=O) groups is 1. The zero-order valence-corrected chi connectivity index (χ0v) is 13.6. The SMILES string of the molecule is Cc1nn(-c2ccc(Cl)cc2)[n+](NC(=O)c2ccccc2)c1C. The Morgan fingerprint density at radius 2 is 1.74 bits per heavy atom. The van der Waals surface area contributed by atoms with E-state index in [0.717, 1.165) is 17.1 Å². The van der Waals surface area contributed by atoms with E-state index in [1.54, 1.807) is 33.9 Å². The first-order valence-corrected chi connectivity index (χ1v) is 7.55. The Balaban J connectivity index is 1.99. The fourth-order valence-electron chi connectivity index (χ4n) is 2.18. The van der Waals surface area contributed by atoms with Crippen LogP contribution in [-0.4, -0.2) is 15.8 Å². The van der Waals surface area contributed by atoms with E-state index in [-0.39, 0.29) is 5.91 Å². The highest BCUT2D eigenvalue weighted by Gasteiger charge is 2.23. The van der Waals surface area contributed by atoms with Crippen molar-refractivity contribution in [1.29, 1.82) is 0 Å². The van der Waals surface area contributed by atoms with Gasteiger partial charge in [-0.3, -0.25) is 4.79 Å². The molecule has 0 bridgehead atoms. The highest BCUT2D eigenvalue weighted by Crippen LogP contribution is 2.12. The van der Waals surface area contributed by atoms with Crippen molar-refractivity contribution in [1.82, 2.24) is 9.90 Å². The molecule has 0 aliphatic carbocycles. The van der Waals surface area contributed by atoms with Crippen LogP contribution in [0.3, 0.4) is 0 Å². The summed E-state index contributed by atoms with van der Waals surface area (Å²) in [5, 5.41) is 5.13. The van der Waals surface area contributed by atoms with E-state index in [1.165, 1.54) is 0 Å². The summed E-state index contributed by atoms with van der Waals surface area (Å²) in [4.78, 5) is 15.7. The molecule has 1 amide bonds. The summed E-state index contributed by atoms with van der Waals surface area (Å²) in [6.45, 7) is 3.80. The van der Waals surface area contributed by atoms with E-state index in [9.17, 15) is 4.79 Å². The summed E-state index contributed by atoms with van der Waals surface area (Å²) in [6.07, 6.45) is 0. The molecule has 0 radical (unpaired) electrons. The second-order valence-corrected chi connectivity index (χ2v) is 5.59. The lowest BCUT2D eigenvalue weighted by Crippen LogP contribution is -2.56. The molecular weight excluding hydrogens is 312 g/mol. The molecule has 116 valence electrons. The molecule has 3 rings (SSSR count). The molecule has 3 aromatic rings. The van der Waals surface area contributed by atoms with E-state index in [2.05, 4.69) is 10.5 Å². The molecule has 5 nitrogen and oxygen atoms in total. The van der Waals surface area contributed by atoms with Gasteiger partial charge < -0.3 is 0 Å². The third kappa shape index (κ3) is 3.10. The molecule has 0 spiro atoms. The number of aromatic nitrogens is 3. The Kier molecular flexibility index (Phi) is 4.12. The molecule has 1 aromatic heterocycles. The van der Waals surface area contributed by atoms with Crippen LogP contribution >= 0.6 is 11.6 Å². The Morgan fingerprint density at radius 1 is 1.09 bits per heavy atom. The van der Waals surface area contributed by atoms with Gasteiger partial charge in [-0.05, 0) is 41.2 Å². The molecule has 0 saturated carbocycles. The van der Waals surface area contributed by atoms with Crippen molar-refractivity contribution in [3.8, 4) is 5.69 Å². The molecule has 2 aromatic carbocycles. The Labute approximate surface area is 139 Å². The molecule has 0 fully saturated rings. The number of carbonyl (C=O) groups excluding carboxylic acids is 1. The summed E-state index contributed by atoms with van der Waals surface area (Å²) in [5.74, 6) is -0.200. The highest BCUT2D eigenvalue weighted by molar-refractivity contribution is 6.30. The fraction of sp³-hybridized carbons (Fsp3) is 0.118. The first-order chi connectivity index (χ1) is 11.1. The van der Waals surface area contributed by atoms with Crippen molar-refractivity contribution in [2.75, 3.05) is 5.43 Å². The first-order valence-electron chi connectivity index (χ1n) is 7.17. The second kappa shape index (κ2) is 6.22. The molecule has 0 aliphatic heterocycles. The van der Waals surface area contributed by atoms with Crippen LogP contribution in [0.25, 0.3) is 5.69 Å². The van der Waals surface area contributed by atoms with Gasteiger partial charge in [0.05, 0.1) is 5.10 Å². The third-order valence-corrected chi connectivity index (χ3v) is 3.83. The Morgan fingerprint density at radius 3 is 2.39 bits per heavy atom. The molecule has 23 heavy (non-hydrogen) atoms. The number of nitrogens with one attached hydrogen (secondary N) is 1. The van der Waals surface area contributed by atoms with Crippen molar-refractivity contribution in [3.63, 3.8) is 0 Å². The van der Waals surface area contributed by atoms with Gasteiger partial charge >= 0.3 is 0 Å². The lowest BCUT2D eigenvalue weighted by molar-refractivity contribution is -0.726. The number of nitrogens with zero attached hydrogens (tertiary/aromatic N) is 3. The maximum absolute atomic E-state index is 12.4. The smallest absolute Gasteiger partial charge is 0.266 e. The normalized spacial score (nSPS) is 10.6. The van der Waals surface area contributed by atoms with Gasteiger partial charge in [-0.15, -0.1) is 0 Å². The quantitative estimate of drug-likeness (QED) is 0.752. The van der Waals surface area contributed by atoms with Crippen LogP contribution in [-0.2, 0) is 0 Å². The van der Waals surface area contributed by atoms with Crippen LogP contribution in [0.2, 0.25) is 5.02 Å². The largest absolute Gasteiger partial charge is 0.288 e. The molecule has 0 aliphatic rings.